The van der Waals surface area contributed by atoms with Gasteiger partial charge in [0.15, 0.2) is 17.3 Å². The van der Waals surface area contributed by atoms with Gasteiger partial charge in [-0.05, 0) is 28.1 Å². The van der Waals surface area contributed by atoms with Gasteiger partial charge in [0.05, 0.1) is 23.7 Å². The molecule has 0 saturated carbocycles. The van der Waals surface area contributed by atoms with Crippen LogP contribution < -0.4 is 14.8 Å². The molecule has 0 amide bonds. The molecule has 5 nitrogen and oxygen atoms in total. The molecular formula is C13H13BrClN3O2. The highest BCUT2D eigenvalue weighted by Crippen LogP contribution is 2.38. The van der Waals surface area contributed by atoms with Gasteiger partial charge >= 0.3 is 0 Å². The fraction of sp³-hybridized carbons (Fsp3) is 0.231. The summed E-state index contributed by atoms with van der Waals surface area (Å²) < 4.78 is 11.3. The average Bonchev–Trinajstić information content (AvgIpc) is 2.46. The predicted octanol–water partition coefficient (Wildman–Crippen LogP) is 3.62. The Bertz CT molecular complexity index is 637. The number of nitrogens with zero attached hydrogens (tertiary/aromatic N) is 2. The van der Waals surface area contributed by atoms with E-state index in [0.29, 0.717) is 28.2 Å². The molecule has 0 unspecified atom stereocenters. The fourth-order valence-corrected chi connectivity index (χ4v) is 2.41. The van der Waals surface area contributed by atoms with Crippen LogP contribution in [0.4, 0.5) is 5.82 Å². The van der Waals surface area contributed by atoms with Crippen LogP contribution >= 0.6 is 27.5 Å². The van der Waals surface area contributed by atoms with E-state index in [-0.39, 0.29) is 0 Å². The number of aromatic nitrogens is 2. The number of ether oxygens (including phenoxy) is 2. The van der Waals surface area contributed by atoms with E-state index in [9.17, 15) is 0 Å². The number of hydrogen-bond donors (Lipinski definition) is 1. The molecule has 0 saturated heterocycles. The molecule has 1 heterocycles. The minimum absolute atomic E-state index is 0.444. The van der Waals surface area contributed by atoms with Crippen LogP contribution in [-0.2, 0) is 0 Å². The van der Waals surface area contributed by atoms with Gasteiger partial charge in [-0.3, -0.25) is 0 Å². The summed E-state index contributed by atoms with van der Waals surface area (Å²) in [6.07, 6.45) is 1.68. The summed E-state index contributed by atoms with van der Waals surface area (Å²) in [5.41, 5.74) is 0.747. The van der Waals surface area contributed by atoms with Crippen LogP contribution in [0.1, 0.15) is 0 Å². The predicted molar refractivity (Wildman–Crippen MR) is 82.8 cm³/mol. The normalized spacial score (nSPS) is 10.2. The molecule has 0 aliphatic heterocycles. The summed E-state index contributed by atoms with van der Waals surface area (Å²) in [5.74, 6) is 2.26. The molecule has 20 heavy (non-hydrogen) atoms. The fourth-order valence-electron chi connectivity index (χ4n) is 1.73. The Morgan fingerprint density at radius 1 is 1.25 bits per heavy atom. The molecule has 0 fully saturated rings. The van der Waals surface area contributed by atoms with Gasteiger partial charge in [0.1, 0.15) is 5.82 Å². The standard InChI is InChI=1S/C13H13BrClN3O2/c1-16-13-8(14)6-17-12(18-13)7-4-9(15)11(20-3)10(5-7)19-2/h4-6H,1-3H3,(H,16,17,18). The third kappa shape index (κ3) is 2.81. The maximum Gasteiger partial charge on any atom is 0.179 e. The summed E-state index contributed by atoms with van der Waals surface area (Å²) >= 11 is 9.55. The Morgan fingerprint density at radius 2 is 2.00 bits per heavy atom. The quantitative estimate of drug-likeness (QED) is 0.904. The summed E-state index contributed by atoms with van der Waals surface area (Å²) in [6, 6.07) is 3.53. The molecule has 0 bridgehead atoms. The lowest BCUT2D eigenvalue weighted by Gasteiger charge is -2.12. The summed E-state index contributed by atoms with van der Waals surface area (Å²) in [4.78, 5) is 8.69. The maximum atomic E-state index is 6.18. The first kappa shape index (κ1) is 14.9. The lowest BCUT2D eigenvalue weighted by atomic mass is 10.2. The van der Waals surface area contributed by atoms with Crippen molar-refractivity contribution in [1.29, 1.82) is 0 Å². The van der Waals surface area contributed by atoms with Crippen LogP contribution in [0.25, 0.3) is 11.4 Å². The number of anilines is 1. The molecule has 2 aromatic rings. The molecule has 1 aromatic carbocycles. The van der Waals surface area contributed by atoms with Crippen LogP contribution in [0.3, 0.4) is 0 Å². The molecule has 0 aliphatic rings. The number of benzene rings is 1. The first-order chi connectivity index (χ1) is 9.60. The number of nitrogens with one attached hydrogen (secondary N) is 1. The van der Waals surface area contributed by atoms with Crippen molar-refractivity contribution in [3.8, 4) is 22.9 Å². The Hall–Kier alpha value is -1.53. The first-order valence-electron chi connectivity index (χ1n) is 5.73. The Morgan fingerprint density at radius 3 is 2.60 bits per heavy atom. The number of hydrogen-bond acceptors (Lipinski definition) is 5. The van der Waals surface area contributed by atoms with Crippen LogP contribution in [0, 0.1) is 0 Å². The highest BCUT2D eigenvalue weighted by molar-refractivity contribution is 9.10. The smallest absolute Gasteiger partial charge is 0.179 e. The largest absolute Gasteiger partial charge is 0.493 e. The molecular weight excluding hydrogens is 346 g/mol. The van der Waals surface area contributed by atoms with Crippen molar-refractivity contribution >= 4 is 33.3 Å². The molecule has 0 spiro atoms. The van der Waals surface area contributed by atoms with E-state index in [1.807, 2.05) is 0 Å². The van der Waals surface area contributed by atoms with Gasteiger partial charge in [-0.1, -0.05) is 11.6 Å². The van der Waals surface area contributed by atoms with E-state index < -0.39 is 0 Å². The van der Waals surface area contributed by atoms with Crippen molar-refractivity contribution in [2.45, 2.75) is 0 Å². The van der Waals surface area contributed by atoms with Crippen molar-refractivity contribution in [3.63, 3.8) is 0 Å². The number of rotatable bonds is 4. The molecule has 2 rings (SSSR count). The van der Waals surface area contributed by atoms with Crippen molar-refractivity contribution in [2.75, 3.05) is 26.6 Å². The van der Waals surface area contributed by atoms with Gasteiger partial charge in [-0.15, -0.1) is 0 Å². The van der Waals surface area contributed by atoms with E-state index in [1.54, 1.807) is 39.6 Å². The van der Waals surface area contributed by atoms with Crippen LogP contribution in [0.2, 0.25) is 5.02 Å². The second kappa shape index (κ2) is 6.28. The van der Waals surface area contributed by atoms with Crippen molar-refractivity contribution in [2.24, 2.45) is 0 Å². The summed E-state index contributed by atoms with van der Waals surface area (Å²) in [6.45, 7) is 0. The highest BCUT2D eigenvalue weighted by atomic mass is 79.9. The van der Waals surface area contributed by atoms with Crippen molar-refractivity contribution in [3.05, 3.63) is 27.8 Å². The lowest BCUT2D eigenvalue weighted by Crippen LogP contribution is -1.98. The van der Waals surface area contributed by atoms with Crippen molar-refractivity contribution in [1.82, 2.24) is 9.97 Å². The SMILES string of the molecule is CNc1nc(-c2cc(Cl)c(OC)c(OC)c2)ncc1Br. The van der Waals surface area contributed by atoms with Crippen LogP contribution in [0.5, 0.6) is 11.5 Å². The van der Waals surface area contributed by atoms with E-state index in [4.69, 9.17) is 21.1 Å². The first-order valence-corrected chi connectivity index (χ1v) is 6.90. The monoisotopic (exact) mass is 357 g/mol. The molecule has 1 N–H and O–H groups in total. The van der Waals surface area contributed by atoms with E-state index in [1.165, 1.54) is 0 Å². The summed E-state index contributed by atoms with van der Waals surface area (Å²) in [5, 5.41) is 3.43. The van der Waals surface area contributed by atoms with Gasteiger partial charge in [0, 0.05) is 18.8 Å². The second-order valence-corrected chi connectivity index (χ2v) is 5.10. The molecule has 7 heteroatoms. The zero-order valence-corrected chi connectivity index (χ0v) is 13.5. The molecule has 106 valence electrons. The molecule has 0 radical (unpaired) electrons. The zero-order chi connectivity index (χ0) is 14.7. The maximum absolute atomic E-state index is 6.18. The van der Waals surface area contributed by atoms with E-state index in [0.717, 1.165) is 10.0 Å². The van der Waals surface area contributed by atoms with Crippen LogP contribution in [-0.4, -0.2) is 31.2 Å². The van der Waals surface area contributed by atoms with Gasteiger partial charge in [-0.25, -0.2) is 9.97 Å². The average molecular weight is 359 g/mol. The van der Waals surface area contributed by atoms with Crippen LogP contribution in [0.15, 0.2) is 22.8 Å². The minimum atomic E-state index is 0.444. The number of methoxy groups -OCH3 is 2. The molecule has 0 aliphatic carbocycles. The third-order valence-corrected chi connectivity index (χ3v) is 3.53. The topological polar surface area (TPSA) is 56.3 Å². The van der Waals surface area contributed by atoms with Gasteiger partial charge < -0.3 is 14.8 Å². The lowest BCUT2D eigenvalue weighted by molar-refractivity contribution is 0.355. The van der Waals surface area contributed by atoms with Gasteiger partial charge in [0.2, 0.25) is 0 Å². The third-order valence-electron chi connectivity index (χ3n) is 2.67. The Kier molecular flexibility index (Phi) is 4.67. The summed E-state index contributed by atoms with van der Waals surface area (Å²) in [7, 11) is 4.89. The van der Waals surface area contributed by atoms with Gasteiger partial charge in [-0.2, -0.15) is 0 Å². The second-order valence-electron chi connectivity index (χ2n) is 3.83. The minimum Gasteiger partial charge on any atom is -0.493 e. The molecule has 0 atom stereocenters. The zero-order valence-electron chi connectivity index (χ0n) is 11.2. The van der Waals surface area contributed by atoms with Crippen molar-refractivity contribution < 1.29 is 9.47 Å². The Balaban J connectivity index is 2.55. The highest BCUT2D eigenvalue weighted by Gasteiger charge is 2.14. The van der Waals surface area contributed by atoms with E-state index >= 15 is 0 Å². The Labute approximate surface area is 130 Å². The molecule has 1 aromatic heterocycles. The van der Waals surface area contributed by atoms with Gasteiger partial charge in [0.25, 0.3) is 0 Å². The number of halogens is 2. The van der Waals surface area contributed by atoms with E-state index in [2.05, 4.69) is 31.2 Å².